The number of hydrogen-bond donors (Lipinski definition) is 1. The van der Waals surface area contributed by atoms with Gasteiger partial charge in [0, 0.05) is 0 Å². The Bertz CT molecular complexity index is 216. The van der Waals surface area contributed by atoms with Gasteiger partial charge in [0.1, 0.15) is 0 Å². The van der Waals surface area contributed by atoms with Gasteiger partial charge in [-0.1, -0.05) is 26.0 Å². The van der Waals surface area contributed by atoms with Gasteiger partial charge in [0.05, 0.1) is 5.41 Å². The van der Waals surface area contributed by atoms with E-state index in [2.05, 4.69) is 0 Å². The van der Waals surface area contributed by atoms with Crippen molar-refractivity contribution < 1.29 is 9.90 Å². The molecule has 0 spiro atoms. The van der Waals surface area contributed by atoms with E-state index in [0.717, 1.165) is 6.42 Å². The molecular weight excluding hydrogens is 140 g/mol. The lowest BCUT2D eigenvalue weighted by Crippen LogP contribution is -2.17. The molecule has 1 rings (SSSR count). The van der Waals surface area contributed by atoms with Gasteiger partial charge in [-0.2, -0.15) is 0 Å². The molecule has 0 saturated heterocycles. The van der Waals surface area contributed by atoms with Gasteiger partial charge in [-0.05, 0) is 18.8 Å². The Labute approximate surface area is 66.9 Å². The highest BCUT2D eigenvalue weighted by atomic mass is 16.4. The summed E-state index contributed by atoms with van der Waals surface area (Å²) in [5.74, 6) is -0.694. The molecule has 1 saturated carbocycles. The van der Waals surface area contributed by atoms with Gasteiger partial charge in [-0.25, -0.2) is 0 Å². The van der Waals surface area contributed by atoms with Crippen molar-refractivity contribution in [1.29, 1.82) is 0 Å². The maximum absolute atomic E-state index is 10.8. The molecule has 11 heavy (non-hydrogen) atoms. The third kappa shape index (κ3) is 0.971. The predicted molar refractivity (Wildman–Crippen MR) is 43.3 cm³/mol. The molecule has 0 radical (unpaired) electrons. The molecule has 62 valence electrons. The molecule has 0 bridgehead atoms. The summed E-state index contributed by atoms with van der Waals surface area (Å²) in [6.07, 6.45) is 4.39. The lowest BCUT2D eigenvalue weighted by molar-refractivity contribution is -0.142. The summed E-state index contributed by atoms with van der Waals surface area (Å²) < 4.78 is 0. The number of carboxylic acids is 1. The SMILES string of the molecule is CC=CC1(C(=O)O)CC1(C)C. The van der Waals surface area contributed by atoms with E-state index in [1.165, 1.54) is 0 Å². The van der Waals surface area contributed by atoms with Crippen LogP contribution < -0.4 is 0 Å². The topological polar surface area (TPSA) is 37.3 Å². The maximum atomic E-state index is 10.8. The molecule has 1 fully saturated rings. The van der Waals surface area contributed by atoms with E-state index < -0.39 is 11.4 Å². The number of allylic oxidation sites excluding steroid dienone is 1. The largest absolute Gasteiger partial charge is 0.481 e. The van der Waals surface area contributed by atoms with Crippen LogP contribution in [0.3, 0.4) is 0 Å². The van der Waals surface area contributed by atoms with Gasteiger partial charge in [0.15, 0.2) is 0 Å². The second kappa shape index (κ2) is 2.10. The van der Waals surface area contributed by atoms with Gasteiger partial charge in [0.2, 0.25) is 0 Å². The van der Waals surface area contributed by atoms with Crippen molar-refractivity contribution in [3.05, 3.63) is 12.2 Å². The number of hydrogen-bond acceptors (Lipinski definition) is 1. The minimum absolute atomic E-state index is 0.0503. The van der Waals surface area contributed by atoms with E-state index in [4.69, 9.17) is 5.11 Å². The van der Waals surface area contributed by atoms with Crippen molar-refractivity contribution in [2.24, 2.45) is 10.8 Å². The Morgan fingerprint density at radius 3 is 2.09 bits per heavy atom. The fourth-order valence-electron chi connectivity index (χ4n) is 1.66. The van der Waals surface area contributed by atoms with Gasteiger partial charge in [0.25, 0.3) is 0 Å². The molecular formula is C9H14O2. The molecule has 0 aromatic carbocycles. The summed E-state index contributed by atoms with van der Waals surface area (Å²) in [6, 6.07) is 0. The zero-order chi connectivity index (χ0) is 8.70. The fraction of sp³-hybridized carbons (Fsp3) is 0.667. The van der Waals surface area contributed by atoms with Crippen LogP contribution in [-0.2, 0) is 4.79 Å². The minimum Gasteiger partial charge on any atom is -0.481 e. The quantitative estimate of drug-likeness (QED) is 0.618. The summed E-state index contributed by atoms with van der Waals surface area (Å²) in [5.41, 5.74) is -0.618. The molecule has 1 aliphatic carbocycles. The molecule has 1 unspecified atom stereocenters. The Morgan fingerprint density at radius 1 is 1.55 bits per heavy atom. The van der Waals surface area contributed by atoms with Crippen molar-refractivity contribution in [2.75, 3.05) is 0 Å². The first-order valence-corrected chi connectivity index (χ1v) is 3.83. The van der Waals surface area contributed by atoms with E-state index in [1.807, 2.05) is 26.8 Å². The predicted octanol–water partition coefficient (Wildman–Crippen LogP) is 2.06. The van der Waals surface area contributed by atoms with E-state index in [9.17, 15) is 4.79 Å². The number of rotatable bonds is 2. The molecule has 1 aliphatic rings. The lowest BCUT2D eigenvalue weighted by Gasteiger charge is -2.09. The molecule has 0 aromatic rings. The van der Waals surface area contributed by atoms with Crippen LogP contribution in [0.2, 0.25) is 0 Å². The minimum atomic E-state index is -0.694. The fourth-order valence-corrected chi connectivity index (χ4v) is 1.66. The Kier molecular flexibility index (Phi) is 1.58. The van der Waals surface area contributed by atoms with E-state index in [0.29, 0.717) is 0 Å². The van der Waals surface area contributed by atoms with Crippen molar-refractivity contribution in [3.8, 4) is 0 Å². The summed E-state index contributed by atoms with van der Waals surface area (Å²) >= 11 is 0. The Balaban J connectivity index is 2.88. The second-order valence-corrected chi connectivity index (χ2v) is 3.84. The zero-order valence-corrected chi connectivity index (χ0v) is 7.22. The van der Waals surface area contributed by atoms with Crippen LogP contribution in [0.4, 0.5) is 0 Å². The highest BCUT2D eigenvalue weighted by molar-refractivity contribution is 5.82. The number of carboxylic acid groups (broad SMARTS) is 1. The summed E-state index contributed by atoms with van der Waals surface area (Å²) in [5, 5.41) is 8.92. The molecule has 1 N–H and O–H groups in total. The summed E-state index contributed by atoms with van der Waals surface area (Å²) in [4.78, 5) is 10.8. The van der Waals surface area contributed by atoms with Crippen LogP contribution in [0.5, 0.6) is 0 Å². The van der Waals surface area contributed by atoms with Gasteiger partial charge >= 0.3 is 5.97 Å². The molecule has 2 nitrogen and oxygen atoms in total. The molecule has 2 heteroatoms. The molecule has 1 atom stereocenters. The van der Waals surface area contributed by atoms with Crippen molar-refractivity contribution in [3.63, 3.8) is 0 Å². The summed E-state index contributed by atoms with van der Waals surface area (Å²) in [6.45, 7) is 5.83. The van der Waals surface area contributed by atoms with E-state index in [-0.39, 0.29) is 5.41 Å². The molecule has 0 heterocycles. The highest BCUT2D eigenvalue weighted by Gasteiger charge is 2.64. The van der Waals surface area contributed by atoms with Crippen LogP contribution in [-0.4, -0.2) is 11.1 Å². The van der Waals surface area contributed by atoms with E-state index in [1.54, 1.807) is 6.08 Å². The van der Waals surface area contributed by atoms with Crippen LogP contribution in [0, 0.1) is 10.8 Å². The number of carbonyl (C=O) groups is 1. The van der Waals surface area contributed by atoms with E-state index >= 15 is 0 Å². The first-order valence-electron chi connectivity index (χ1n) is 3.83. The number of aliphatic carboxylic acids is 1. The molecule has 0 aliphatic heterocycles. The third-order valence-corrected chi connectivity index (χ3v) is 2.64. The van der Waals surface area contributed by atoms with Gasteiger partial charge < -0.3 is 5.11 Å². The monoisotopic (exact) mass is 154 g/mol. The van der Waals surface area contributed by atoms with Crippen LogP contribution >= 0.6 is 0 Å². The van der Waals surface area contributed by atoms with Crippen molar-refractivity contribution in [2.45, 2.75) is 27.2 Å². The maximum Gasteiger partial charge on any atom is 0.314 e. The smallest absolute Gasteiger partial charge is 0.314 e. The average molecular weight is 154 g/mol. The standard InChI is InChI=1S/C9H14O2/c1-4-5-9(7(10)11)6-8(9,2)3/h4-5H,6H2,1-3H3,(H,10,11). The van der Waals surface area contributed by atoms with Crippen molar-refractivity contribution >= 4 is 5.97 Å². The van der Waals surface area contributed by atoms with Crippen molar-refractivity contribution in [1.82, 2.24) is 0 Å². The second-order valence-electron chi connectivity index (χ2n) is 3.84. The average Bonchev–Trinajstić information content (AvgIpc) is 2.36. The first kappa shape index (κ1) is 8.31. The Hall–Kier alpha value is -0.790. The molecule has 0 aromatic heterocycles. The van der Waals surface area contributed by atoms with Crippen LogP contribution in [0.15, 0.2) is 12.2 Å². The van der Waals surface area contributed by atoms with Crippen LogP contribution in [0.1, 0.15) is 27.2 Å². The van der Waals surface area contributed by atoms with Gasteiger partial charge in [-0.15, -0.1) is 0 Å². The van der Waals surface area contributed by atoms with Gasteiger partial charge in [-0.3, -0.25) is 4.79 Å². The lowest BCUT2D eigenvalue weighted by atomic mass is 9.96. The normalized spacial score (nSPS) is 34.1. The zero-order valence-electron chi connectivity index (χ0n) is 7.22. The summed E-state index contributed by atoms with van der Waals surface area (Å²) in [7, 11) is 0. The Morgan fingerprint density at radius 2 is 2.00 bits per heavy atom. The highest BCUT2D eigenvalue weighted by Crippen LogP contribution is 2.64. The third-order valence-electron chi connectivity index (χ3n) is 2.64. The van der Waals surface area contributed by atoms with Crippen LogP contribution in [0.25, 0.3) is 0 Å². The molecule has 0 amide bonds. The first-order chi connectivity index (χ1) is 4.96.